The molecule has 0 bridgehead atoms. The van der Waals surface area contributed by atoms with Gasteiger partial charge in [0.15, 0.2) is 0 Å². The summed E-state index contributed by atoms with van der Waals surface area (Å²) >= 11 is 0. The molecule has 0 aliphatic heterocycles. The van der Waals surface area contributed by atoms with Crippen molar-refractivity contribution in [3.05, 3.63) is 36.0 Å². The van der Waals surface area contributed by atoms with Crippen LogP contribution in [0.25, 0.3) is 11.3 Å². The Morgan fingerprint density at radius 3 is 2.28 bits per heavy atom. The molecule has 0 saturated carbocycles. The fraction of sp³-hybridized carbons (Fsp3) is 0.250. The van der Waals surface area contributed by atoms with Gasteiger partial charge in [0.1, 0.15) is 5.69 Å². The van der Waals surface area contributed by atoms with E-state index < -0.39 is 11.7 Å². The lowest BCUT2D eigenvalue weighted by Gasteiger charge is -2.06. The average molecular weight is 255 g/mol. The SMILES string of the molecule is CCn1cc(N)c(-c2ccc(C(F)(F)F)cc2)n1. The number of halogens is 3. The molecule has 0 radical (unpaired) electrons. The van der Waals surface area contributed by atoms with Gasteiger partial charge >= 0.3 is 6.18 Å². The maximum Gasteiger partial charge on any atom is 0.416 e. The van der Waals surface area contributed by atoms with E-state index in [-0.39, 0.29) is 0 Å². The monoisotopic (exact) mass is 255 g/mol. The van der Waals surface area contributed by atoms with Crippen molar-refractivity contribution in [1.82, 2.24) is 9.78 Å². The smallest absolute Gasteiger partial charge is 0.396 e. The molecule has 0 aliphatic carbocycles. The van der Waals surface area contributed by atoms with Crippen LogP contribution in [0.5, 0.6) is 0 Å². The van der Waals surface area contributed by atoms with Gasteiger partial charge in [-0.25, -0.2) is 0 Å². The van der Waals surface area contributed by atoms with Crippen LogP contribution in [0.4, 0.5) is 18.9 Å². The summed E-state index contributed by atoms with van der Waals surface area (Å²) in [5, 5.41) is 4.20. The molecule has 1 heterocycles. The second-order valence-corrected chi connectivity index (χ2v) is 3.86. The summed E-state index contributed by atoms with van der Waals surface area (Å²) in [6.45, 7) is 2.56. The third kappa shape index (κ3) is 2.32. The topological polar surface area (TPSA) is 43.8 Å². The molecule has 18 heavy (non-hydrogen) atoms. The number of anilines is 1. The summed E-state index contributed by atoms with van der Waals surface area (Å²) in [5.41, 5.74) is 6.62. The van der Waals surface area contributed by atoms with Crippen LogP contribution in [0, 0.1) is 0 Å². The van der Waals surface area contributed by atoms with E-state index in [0.717, 1.165) is 12.1 Å². The van der Waals surface area contributed by atoms with E-state index in [4.69, 9.17) is 5.73 Å². The molecule has 0 amide bonds. The number of alkyl halides is 3. The number of aromatic nitrogens is 2. The van der Waals surface area contributed by atoms with E-state index in [9.17, 15) is 13.2 Å². The van der Waals surface area contributed by atoms with Crippen molar-refractivity contribution < 1.29 is 13.2 Å². The van der Waals surface area contributed by atoms with Crippen LogP contribution in [-0.2, 0) is 12.7 Å². The highest BCUT2D eigenvalue weighted by atomic mass is 19.4. The van der Waals surface area contributed by atoms with Gasteiger partial charge in [0.2, 0.25) is 0 Å². The summed E-state index contributed by atoms with van der Waals surface area (Å²) in [4.78, 5) is 0. The molecule has 0 unspecified atom stereocenters. The van der Waals surface area contributed by atoms with Crippen molar-refractivity contribution in [1.29, 1.82) is 0 Å². The number of benzene rings is 1. The first-order valence-electron chi connectivity index (χ1n) is 5.42. The van der Waals surface area contributed by atoms with Crippen molar-refractivity contribution in [2.45, 2.75) is 19.6 Å². The molecular weight excluding hydrogens is 243 g/mol. The van der Waals surface area contributed by atoms with Gasteiger partial charge in [-0.05, 0) is 19.1 Å². The van der Waals surface area contributed by atoms with E-state index in [2.05, 4.69) is 5.10 Å². The minimum atomic E-state index is -4.33. The highest BCUT2D eigenvalue weighted by Crippen LogP contribution is 2.31. The lowest BCUT2D eigenvalue weighted by molar-refractivity contribution is -0.137. The predicted octanol–water partition coefficient (Wildman–Crippen LogP) is 3.17. The molecule has 0 aliphatic rings. The van der Waals surface area contributed by atoms with E-state index in [1.54, 1.807) is 10.9 Å². The molecule has 1 aromatic carbocycles. The van der Waals surface area contributed by atoms with Crippen LogP contribution in [0.2, 0.25) is 0 Å². The normalized spacial score (nSPS) is 11.8. The zero-order valence-electron chi connectivity index (χ0n) is 9.70. The summed E-state index contributed by atoms with van der Waals surface area (Å²) in [7, 11) is 0. The van der Waals surface area contributed by atoms with Crippen LogP contribution >= 0.6 is 0 Å². The Bertz CT molecular complexity index is 541. The number of nitrogen functional groups attached to an aromatic ring is 1. The van der Waals surface area contributed by atoms with Crippen LogP contribution in [-0.4, -0.2) is 9.78 Å². The van der Waals surface area contributed by atoms with Crippen molar-refractivity contribution in [2.75, 3.05) is 5.73 Å². The molecular formula is C12H12F3N3. The van der Waals surface area contributed by atoms with Crippen LogP contribution in [0.15, 0.2) is 30.5 Å². The lowest BCUT2D eigenvalue weighted by Crippen LogP contribution is -2.04. The predicted molar refractivity (Wildman–Crippen MR) is 62.8 cm³/mol. The van der Waals surface area contributed by atoms with Gasteiger partial charge in [-0.2, -0.15) is 18.3 Å². The maximum atomic E-state index is 12.4. The Morgan fingerprint density at radius 1 is 1.22 bits per heavy atom. The standard InChI is InChI=1S/C12H12F3N3/c1-2-18-7-10(16)11(17-18)8-3-5-9(6-4-8)12(13,14)15/h3-7H,2,16H2,1H3. The minimum absolute atomic E-state index is 0.455. The third-order valence-electron chi connectivity index (χ3n) is 2.60. The van der Waals surface area contributed by atoms with Gasteiger partial charge in [0, 0.05) is 18.3 Å². The second kappa shape index (κ2) is 4.36. The second-order valence-electron chi connectivity index (χ2n) is 3.86. The first-order valence-corrected chi connectivity index (χ1v) is 5.42. The molecule has 2 aromatic rings. The van der Waals surface area contributed by atoms with Gasteiger partial charge in [-0.15, -0.1) is 0 Å². The summed E-state index contributed by atoms with van der Waals surface area (Å²) < 4.78 is 38.9. The summed E-state index contributed by atoms with van der Waals surface area (Å²) in [6.07, 6.45) is -2.67. The van der Waals surface area contributed by atoms with E-state index in [1.807, 2.05) is 6.92 Å². The highest BCUT2D eigenvalue weighted by Gasteiger charge is 2.30. The number of hydrogen-bond donors (Lipinski definition) is 1. The molecule has 1 aromatic heterocycles. The first kappa shape index (κ1) is 12.5. The highest BCUT2D eigenvalue weighted by molar-refractivity contribution is 5.72. The zero-order valence-corrected chi connectivity index (χ0v) is 9.70. The molecule has 0 spiro atoms. The van der Waals surface area contributed by atoms with Crippen LogP contribution in [0.3, 0.4) is 0 Å². The summed E-state index contributed by atoms with van der Waals surface area (Å²) in [5.74, 6) is 0. The molecule has 0 atom stereocenters. The number of hydrogen-bond acceptors (Lipinski definition) is 2. The van der Waals surface area contributed by atoms with Crippen molar-refractivity contribution in [2.24, 2.45) is 0 Å². The Hall–Kier alpha value is -1.98. The van der Waals surface area contributed by atoms with Gasteiger partial charge in [-0.3, -0.25) is 4.68 Å². The largest absolute Gasteiger partial charge is 0.416 e. The quantitative estimate of drug-likeness (QED) is 0.895. The van der Waals surface area contributed by atoms with Crippen LogP contribution in [0.1, 0.15) is 12.5 Å². The van der Waals surface area contributed by atoms with E-state index in [1.165, 1.54) is 12.1 Å². The number of nitrogens with two attached hydrogens (primary N) is 1. The van der Waals surface area contributed by atoms with Gasteiger partial charge < -0.3 is 5.73 Å². The summed E-state index contributed by atoms with van der Waals surface area (Å²) in [6, 6.07) is 4.81. The third-order valence-corrected chi connectivity index (χ3v) is 2.60. The van der Waals surface area contributed by atoms with Gasteiger partial charge in [0.25, 0.3) is 0 Å². The minimum Gasteiger partial charge on any atom is -0.396 e. The lowest BCUT2D eigenvalue weighted by atomic mass is 10.1. The molecule has 0 fully saturated rings. The Morgan fingerprint density at radius 2 is 1.83 bits per heavy atom. The number of aryl methyl sites for hydroxylation is 1. The zero-order chi connectivity index (χ0) is 13.3. The Kier molecular flexibility index (Phi) is 3.02. The van der Waals surface area contributed by atoms with Gasteiger partial charge in [-0.1, -0.05) is 12.1 Å². The fourth-order valence-electron chi connectivity index (χ4n) is 1.64. The first-order chi connectivity index (χ1) is 8.41. The molecule has 3 nitrogen and oxygen atoms in total. The van der Waals surface area contributed by atoms with Crippen molar-refractivity contribution in [3.63, 3.8) is 0 Å². The number of rotatable bonds is 2. The molecule has 96 valence electrons. The number of nitrogens with zero attached hydrogens (tertiary/aromatic N) is 2. The Labute approximate surface area is 102 Å². The van der Waals surface area contributed by atoms with E-state index in [0.29, 0.717) is 23.5 Å². The van der Waals surface area contributed by atoms with Gasteiger partial charge in [0.05, 0.1) is 11.3 Å². The van der Waals surface area contributed by atoms with Crippen LogP contribution < -0.4 is 5.73 Å². The molecule has 6 heteroatoms. The average Bonchev–Trinajstić information content (AvgIpc) is 2.70. The molecule has 0 saturated heterocycles. The van der Waals surface area contributed by atoms with E-state index >= 15 is 0 Å². The Balaban J connectivity index is 2.37. The van der Waals surface area contributed by atoms with Crippen molar-refractivity contribution in [3.8, 4) is 11.3 Å². The molecule has 2 N–H and O–H groups in total. The van der Waals surface area contributed by atoms with Crippen molar-refractivity contribution >= 4 is 5.69 Å². The fourth-order valence-corrected chi connectivity index (χ4v) is 1.64. The molecule has 2 rings (SSSR count). The maximum absolute atomic E-state index is 12.4.